The summed E-state index contributed by atoms with van der Waals surface area (Å²) in [6.45, 7) is 17.7. The van der Waals surface area contributed by atoms with Crippen molar-refractivity contribution in [1.82, 2.24) is 10.6 Å². The van der Waals surface area contributed by atoms with E-state index in [-0.39, 0.29) is 0 Å². The van der Waals surface area contributed by atoms with E-state index in [0.717, 1.165) is 32.5 Å². The molecule has 0 aliphatic rings. The second-order valence-electron chi connectivity index (χ2n) is 5.09. The van der Waals surface area contributed by atoms with Crippen LogP contribution in [0.15, 0.2) is 36.5 Å². The van der Waals surface area contributed by atoms with Crippen molar-refractivity contribution in [3.63, 3.8) is 0 Å². The molecular weight excluding hydrogens is 268 g/mol. The van der Waals surface area contributed by atoms with E-state index in [9.17, 15) is 0 Å². The maximum absolute atomic E-state index is 3.73. The summed E-state index contributed by atoms with van der Waals surface area (Å²) in [6.07, 6.45) is 14.2. The van der Waals surface area contributed by atoms with Crippen molar-refractivity contribution in [2.75, 3.05) is 19.6 Å². The van der Waals surface area contributed by atoms with Crippen LogP contribution in [0.4, 0.5) is 0 Å². The van der Waals surface area contributed by atoms with Gasteiger partial charge < -0.3 is 10.6 Å². The average Bonchev–Trinajstić information content (AvgIpc) is 2.57. The predicted octanol–water partition coefficient (Wildman–Crippen LogP) is 5.24. The van der Waals surface area contributed by atoms with E-state index in [2.05, 4.69) is 56.2 Å². The lowest BCUT2D eigenvalue weighted by molar-refractivity contribution is 0.473. The molecule has 0 aliphatic heterocycles. The van der Waals surface area contributed by atoms with Crippen LogP contribution in [0.5, 0.6) is 0 Å². The van der Waals surface area contributed by atoms with E-state index in [1.54, 1.807) is 0 Å². The van der Waals surface area contributed by atoms with Gasteiger partial charge >= 0.3 is 0 Å². The molecule has 2 N–H and O–H groups in total. The summed E-state index contributed by atoms with van der Waals surface area (Å²) >= 11 is 0. The van der Waals surface area contributed by atoms with Crippen molar-refractivity contribution in [3.05, 3.63) is 36.5 Å². The summed E-state index contributed by atoms with van der Waals surface area (Å²) in [5.74, 6) is 0. The van der Waals surface area contributed by atoms with Gasteiger partial charge in [-0.15, -0.1) is 0 Å². The van der Waals surface area contributed by atoms with Crippen molar-refractivity contribution < 1.29 is 0 Å². The van der Waals surface area contributed by atoms with Crippen LogP contribution in [-0.2, 0) is 0 Å². The molecule has 0 atom stereocenters. The average molecular weight is 309 g/mol. The van der Waals surface area contributed by atoms with Gasteiger partial charge in [-0.05, 0) is 57.3 Å². The molecule has 0 saturated heterocycles. The summed E-state index contributed by atoms with van der Waals surface area (Å²) in [7, 11) is 0. The minimum atomic E-state index is 0.696. The molecule has 22 heavy (non-hydrogen) atoms. The van der Waals surface area contributed by atoms with Crippen LogP contribution >= 0.6 is 0 Å². The molecule has 130 valence electrons. The van der Waals surface area contributed by atoms with Crippen molar-refractivity contribution >= 4 is 0 Å². The fourth-order valence-electron chi connectivity index (χ4n) is 2.08. The molecule has 0 saturated carbocycles. The third-order valence-corrected chi connectivity index (χ3v) is 3.51. The Bertz CT molecular complexity index is 275. The standard InChI is InChI=1S/C18H34N2.C2H6/c1-5-12-17(6-2)13-9-10-14-19-15-11-16-20-18(7-3)8-4;1-2/h5,9,12-13,18-20H,1,6-8,10-11,14-16H2,2-4H3;1-2H3/b13-9-,17-12-;. The van der Waals surface area contributed by atoms with Gasteiger partial charge in [0.1, 0.15) is 0 Å². The predicted molar refractivity (Wildman–Crippen MR) is 104 cm³/mol. The van der Waals surface area contributed by atoms with E-state index < -0.39 is 0 Å². The van der Waals surface area contributed by atoms with Crippen molar-refractivity contribution in [3.8, 4) is 0 Å². The number of hydrogen-bond donors (Lipinski definition) is 2. The van der Waals surface area contributed by atoms with Gasteiger partial charge in [0.15, 0.2) is 0 Å². The lowest BCUT2D eigenvalue weighted by Gasteiger charge is -2.14. The number of rotatable bonds is 13. The first-order valence-corrected chi connectivity index (χ1v) is 9.20. The molecule has 0 radical (unpaired) electrons. The molecular formula is C20H40N2. The van der Waals surface area contributed by atoms with Gasteiger partial charge in [-0.3, -0.25) is 0 Å². The van der Waals surface area contributed by atoms with Gasteiger partial charge in [-0.1, -0.05) is 65.5 Å². The molecule has 0 rings (SSSR count). The Hall–Kier alpha value is -0.860. The molecule has 2 nitrogen and oxygen atoms in total. The van der Waals surface area contributed by atoms with Crippen LogP contribution < -0.4 is 10.6 Å². The zero-order valence-electron chi connectivity index (χ0n) is 15.8. The highest BCUT2D eigenvalue weighted by Gasteiger charge is 1.99. The van der Waals surface area contributed by atoms with E-state index in [4.69, 9.17) is 0 Å². The lowest BCUT2D eigenvalue weighted by Crippen LogP contribution is -2.30. The second kappa shape index (κ2) is 20.1. The summed E-state index contributed by atoms with van der Waals surface area (Å²) in [5, 5.41) is 7.07. The highest BCUT2D eigenvalue weighted by molar-refractivity contribution is 5.22. The van der Waals surface area contributed by atoms with Crippen LogP contribution in [0.2, 0.25) is 0 Å². The highest BCUT2D eigenvalue weighted by Crippen LogP contribution is 2.03. The monoisotopic (exact) mass is 308 g/mol. The van der Waals surface area contributed by atoms with Gasteiger partial charge in [0, 0.05) is 6.04 Å². The Balaban J connectivity index is 0. The molecule has 0 aromatic carbocycles. The minimum Gasteiger partial charge on any atom is -0.316 e. The van der Waals surface area contributed by atoms with Gasteiger partial charge in [0.25, 0.3) is 0 Å². The fraction of sp³-hybridized carbons (Fsp3) is 0.700. The van der Waals surface area contributed by atoms with Gasteiger partial charge in [-0.25, -0.2) is 0 Å². The quantitative estimate of drug-likeness (QED) is 0.359. The zero-order valence-corrected chi connectivity index (χ0v) is 15.8. The molecule has 0 bridgehead atoms. The Morgan fingerprint density at radius 3 is 2.27 bits per heavy atom. The molecule has 0 unspecified atom stereocenters. The van der Waals surface area contributed by atoms with Gasteiger partial charge in [0.2, 0.25) is 0 Å². The van der Waals surface area contributed by atoms with E-state index in [0.29, 0.717) is 6.04 Å². The molecule has 0 amide bonds. The van der Waals surface area contributed by atoms with Crippen molar-refractivity contribution in [2.24, 2.45) is 0 Å². The summed E-state index contributed by atoms with van der Waals surface area (Å²) in [5.41, 5.74) is 1.34. The first kappa shape index (κ1) is 23.4. The topological polar surface area (TPSA) is 24.1 Å². The maximum atomic E-state index is 3.73. The van der Waals surface area contributed by atoms with Crippen LogP contribution in [-0.4, -0.2) is 25.7 Å². The lowest BCUT2D eigenvalue weighted by atomic mass is 10.1. The molecule has 0 heterocycles. The molecule has 0 aromatic rings. The molecule has 0 aromatic heterocycles. The molecule has 2 heteroatoms. The maximum Gasteiger partial charge on any atom is 0.00618 e. The number of hydrogen-bond acceptors (Lipinski definition) is 2. The number of allylic oxidation sites excluding steroid dienone is 4. The van der Waals surface area contributed by atoms with Crippen LogP contribution in [0.25, 0.3) is 0 Å². The number of nitrogens with one attached hydrogen (secondary N) is 2. The molecule has 0 spiro atoms. The highest BCUT2D eigenvalue weighted by atomic mass is 14.9. The Kier molecular flexibility index (Phi) is 21.4. The minimum absolute atomic E-state index is 0.696. The van der Waals surface area contributed by atoms with E-state index in [1.165, 1.54) is 24.8 Å². The summed E-state index contributed by atoms with van der Waals surface area (Å²) in [4.78, 5) is 0. The second-order valence-corrected chi connectivity index (χ2v) is 5.09. The largest absolute Gasteiger partial charge is 0.316 e. The van der Waals surface area contributed by atoms with Crippen LogP contribution in [0.3, 0.4) is 0 Å². The van der Waals surface area contributed by atoms with Gasteiger partial charge in [-0.2, -0.15) is 0 Å². The van der Waals surface area contributed by atoms with Crippen molar-refractivity contribution in [2.45, 2.75) is 72.8 Å². The third-order valence-electron chi connectivity index (χ3n) is 3.51. The van der Waals surface area contributed by atoms with E-state index >= 15 is 0 Å². The Labute approximate surface area is 140 Å². The summed E-state index contributed by atoms with van der Waals surface area (Å²) in [6, 6.07) is 0.696. The Morgan fingerprint density at radius 1 is 1.05 bits per heavy atom. The first-order valence-electron chi connectivity index (χ1n) is 9.20. The molecule has 0 fully saturated rings. The fourth-order valence-corrected chi connectivity index (χ4v) is 2.08. The van der Waals surface area contributed by atoms with Crippen LogP contribution in [0.1, 0.15) is 66.7 Å². The Morgan fingerprint density at radius 2 is 1.73 bits per heavy atom. The van der Waals surface area contributed by atoms with E-state index in [1.807, 2.05) is 19.9 Å². The first-order chi connectivity index (χ1) is 10.8. The molecule has 0 aliphatic carbocycles. The summed E-state index contributed by atoms with van der Waals surface area (Å²) < 4.78 is 0. The third kappa shape index (κ3) is 15.5. The van der Waals surface area contributed by atoms with Crippen molar-refractivity contribution in [1.29, 1.82) is 0 Å². The normalized spacial score (nSPS) is 11.6. The zero-order chi connectivity index (χ0) is 17.1. The SMILES string of the molecule is C=C/C=C(\C=C/CCNCCCNC(CC)CC)CC.CC. The smallest absolute Gasteiger partial charge is 0.00618 e. The van der Waals surface area contributed by atoms with Crippen LogP contribution in [0, 0.1) is 0 Å². The van der Waals surface area contributed by atoms with Gasteiger partial charge in [0.05, 0.1) is 0 Å².